The van der Waals surface area contributed by atoms with E-state index in [1.54, 1.807) is 0 Å². The van der Waals surface area contributed by atoms with Gasteiger partial charge in [0.1, 0.15) is 0 Å². The monoisotopic (exact) mass is 291 g/mol. The number of esters is 1. The van der Waals surface area contributed by atoms with Gasteiger partial charge in [0.05, 0.1) is 33.4 Å². The molecule has 0 saturated carbocycles. The van der Waals surface area contributed by atoms with Crippen LogP contribution in [0.5, 0.6) is 0 Å². The van der Waals surface area contributed by atoms with E-state index in [4.69, 9.17) is 5.11 Å². The molecule has 0 atom stereocenters. The van der Waals surface area contributed by atoms with Crippen LogP contribution in [0.1, 0.15) is 6.92 Å². The molecular formula is C14H26ClNO3. The van der Waals surface area contributed by atoms with E-state index in [1.807, 2.05) is 12.2 Å². The van der Waals surface area contributed by atoms with Crippen LogP contribution in [-0.4, -0.2) is 37.6 Å². The van der Waals surface area contributed by atoms with Crippen molar-refractivity contribution < 1.29 is 19.1 Å². The second-order valence-corrected chi connectivity index (χ2v) is 3.82. The smallest absolute Gasteiger partial charge is 0.307 e. The number of hydrogen-bond donors (Lipinski definition) is 0. The molecule has 0 fully saturated rings. The van der Waals surface area contributed by atoms with E-state index < -0.39 is 0 Å². The van der Waals surface area contributed by atoms with Gasteiger partial charge in [0.2, 0.25) is 0 Å². The maximum absolute atomic E-state index is 9.75. The van der Waals surface area contributed by atoms with Gasteiger partial charge in [0.25, 0.3) is 0 Å². The van der Waals surface area contributed by atoms with Crippen molar-refractivity contribution in [1.82, 2.24) is 0 Å². The number of ether oxygens (including phenoxy) is 1. The van der Waals surface area contributed by atoms with Gasteiger partial charge in [0.15, 0.2) is 0 Å². The van der Waals surface area contributed by atoms with Crippen molar-refractivity contribution in [3.63, 3.8) is 0 Å². The third-order valence-electron chi connectivity index (χ3n) is 1.50. The van der Waals surface area contributed by atoms with Gasteiger partial charge >= 0.3 is 5.97 Å². The largest absolute Gasteiger partial charge is 0.878 e. The van der Waals surface area contributed by atoms with Crippen LogP contribution in [0.25, 0.3) is 0 Å². The van der Waals surface area contributed by atoms with E-state index in [2.05, 4.69) is 45.1 Å². The lowest BCUT2D eigenvalue weighted by atomic mass is 10.4. The predicted octanol–water partition coefficient (Wildman–Crippen LogP) is 2.04. The van der Waals surface area contributed by atoms with E-state index in [0.717, 1.165) is 23.8 Å². The van der Waals surface area contributed by atoms with Gasteiger partial charge in [-0.25, -0.2) is 0 Å². The van der Waals surface area contributed by atoms with Gasteiger partial charge in [-0.3, -0.25) is 4.79 Å². The first-order chi connectivity index (χ1) is 8.31. The van der Waals surface area contributed by atoms with Crippen LogP contribution in [0.15, 0.2) is 51.0 Å². The Balaban J connectivity index is -0.0000000982. The molecule has 0 amide bonds. The summed E-state index contributed by atoms with van der Waals surface area (Å²) < 4.78 is 5.12. The minimum atomic E-state index is -0.329. The zero-order chi connectivity index (χ0) is 15.0. The SMILES string of the molecule is C=CC[N+](C)(C)CC=C.C=COC(C)=O.C=C[O-].Cl. The van der Waals surface area contributed by atoms with Crippen molar-refractivity contribution in [2.45, 2.75) is 6.92 Å². The van der Waals surface area contributed by atoms with E-state index in [0.29, 0.717) is 6.26 Å². The molecule has 0 N–H and O–H groups in total. The topological polar surface area (TPSA) is 49.4 Å². The molecule has 19 heavy (non-hydrogen) atoms. The molecule has 5 heteroatoms. The molecule has 0 spiro atoms. The van der Waals surface area contributed by atoms with Crippen LogP contribution >= 0.6 is 12.4 Å². The normalized spacial score (nSPS) is 7.95. The van der Waals surface area contributed by atoms with Crippen molar-refractivity contribution in [1.29, 1.82) is 0 Å². The van der Waals surface area contributed by atoms with Crippen molar-refractivity contribution in [2.24, 2.45) is 0 Å². The molecular weight excluding hydrogens is 266 g/mol. The first-order valence-corrected chi connectivity index (χ1v) is 5.36. The summed E-state index contributed by atoms with van der Waals surface area (Å²) >= 11 is 0. The number of quaternary nitrogens is 1. The minimum absolute atomic E-state index is 0. The highest BCUT2D eigenvalue weighted by molar-refractivity contribution is 5.85. The lowest BCUT2D eigenvalue weighted by Crippen LogP contribution is -2.39. The van der Waals surface area contributed by atoms with Gasteiger partial charge in [-0.2, -0.15) is 6.26 Å². The fourth-order valence-corrected chi connectivity index (χ4v) is 0.891. The lowest BCUT2D eigenvalue weighted by Gasteiger charge is -2.26. The van der Waals surface area contributed by atoms with Crippen LogP contribution in [0, 0.1) is 0 Å². The van der Waals surface area contributed by atoms with E-state index in [1.165, 1.54) is 6.92 Å². The van der Waals surface area contributed by atoms with Crippen LogP contribution < -0.4 is 5.11 Å². The molecule has 0 heterocycles. The summed E-state index contributed by atoms with van der Waals surface area (Å²) in [4.78, 5) is 9.75. The Morgan fingerprint density at radius 2 is 1.47 bits per heavy atom. The van der Waals surface area contributed by atoms with E-state index in [9.17, 15) is 4.79 Å². The van der Waals surface area contributed by atoms with E-state index >= 15 is 0 Å². The lowest BCUT2D eigenvalue weighted by molar-refractivity contribution is -0.878. The molecule has 0 aliphatic heterocycles. The van der Waals surface area contributed by atoms with Crippen LogP contribution in [0.3, 0.4) is 0 Å². The molecule has 4 nitrogen and oxygen atoms in total. The van der Waals surface area contributed by atoms with Gasteiger partial charge in [-0.05, 0) is 12.2 Å². The van der Waals surface area contributed by atoms with Crippen LogP contribution in [0.4, 0.5) is 0 Å². The van der Waals surface area contributed by atoms with Gasteiger partial charge in [-0.15, -0.1) is 19.0 Å². The Morgan fingerprint density at radius 1 is 1.16 bits per heavy atom. The molecule has 0 unspecified atom stereocenters. The predicted molar refractivity (Wildman–Crippen MR) is 81.6 cm³/mol. The van der Waals surface area contributed by atoms with Crippen LogP contribution in [-0.2, 0) is 9.53 Å². The fourth-order valence-electron chi connectivity index (χ4n) is 0.891. The van der Waals surface area contributed by atoms with E-state index in [-0.39, 0.29) is 18.4 Å². The Bertz CT molecular complexity index is 251. The molecule has 112 valence electrons. The zero-order valence-electron chi connectivity index (χ0n) is 12.1. The summed E-state index contributed by atoms with van der Waals surface area (Å²) in [5, 5.41) is 8.69. The first kappa shape index (κ1) is 26.1. The molecule has 0 bridgehead atoms. The Hall–Kier alpha value is -1.52. The molecule has 0 aliphatic rings. The van der Waals surface area contributed by atoms with Crippen LogP contribution in [0.2, 0.25) is 0 Å². The fraction of sp³-hybridized carbons (Fsp3) is 0.357. The summed E-state index contributed by atoms with van der Waals surface area (Å²) in [5.74, 6) is -0.329. The number of carbonyl (C=O) groups excluding carboxylic acids is 1. The van der Waals surface area contributed by atoms with Crippen molar-refractivity contribution >= 4 is 18.4 Å². The highest BCUT2D eigenvalue weighted by Crippen LogP contribution is 1.95. The quantitative estimate of drug-likeness (QED) is 0.337. The second-order valence-electron chi connectivity index (χ2n) is 3.82. The number of nitrogens with zero attached hydrogens (tertiary/aromatic N) is 1. The number of rotatable bonds is 5. The summed E-state index contributed by atoms with van der Waals surface area (Å²) in [6, 6.07) is 0. The zero-order valence-corrected chi connectivity index (χ0v) is 12.9. The molecule has 0 rings (SSSR count). The average molecular weight is 292 g/mol. The number of carbonyl (C=O) groups is 1. The maximum Gasteiger partial charge on any atom is 0.307 e. The van der Waals surface area contributed by atoms with Crippen molar-refractivity contribution in [3.8, 4) is 0 Å². The highest BCUT2D eigenvalue weighted by atomic mass is 35.5. The summed E-state index contributed by atoms with van der Waals surface area (Å²) in [5.41, 5.74) is 0. The summed E-state index contributed by atoms with van der Waals surface area (Å²) in [6.45, 7) is 16.7. The molecule has 0 radical (unpaired) electrons. The van der Waals surface area contributed by atoms with Gasteiger partial charge in [-0.1, -0.05) is 19.7 Å². The van der Waals surface area contributed by atoms with Crippen molar-refractivity contribution in [3.05, 3.63) is 51.0 Å². The summed E-state index contributed by atoms with van der Waals surface area (Å²) in [7, 11) is 4.31. The van der Waals surface area contributed by atoms with Crippen molar-refractivity contribution in [2.75, 3.05) is 27.2 Å². The maximum atomic E-state index is 9.75. The molecule has 0 aromatic heterocycles. The first-order valence-electron chi connectivity index (χ1n) is 5.36. The molecule has 0 aliphatic carbocycles. The number of likely N-dealkylation sites (N-methyl/N-ethyl adjacent to an activating group) is 1. The third kappa shape index (κ3) is 38.4. The average Bonchev–Trinajstić information content (AvgIpc) is 2.18. The van der Waals surface area contributed by atoms with Gasteiger partial charge in [0, 0.05) is 6.92 Å². The Kier molecular flexibility index (Phi) is 25.9. The number of halogens is 1. The number of hydrogen-bond acceptors (Lipinski definition) is 3. The third-order valence-corrected chi connectivity index (χ3v) is 1.50. The van der Waals surface area contributed by atoms with Gasteiger partial charge < -0.3 is 14.3 Å². The Labute approximate surface area is 123 Å². The Morgan fingerprint density at radius 3 is 1.58 bits per heavy atom. The molecule has 0 aromatic carbocycles. The molecule has 0 aromatic rings. The highest BCUT2D eigenvalue weighted by Gasteiger charge is 2.07. The standard InChI is InChI=1S/C8H16N.C4H6O2.C2H4O.ClH/c1-5-7-9(3,4)8-6-2;1-3-6-4(2)5;1-2-3;/h5-6H,1-2,7-8H2,3-4H3;3H,1H2,2H3;2-3H,1H2;1H/q+1;;;/p-1. The second kappa shape index (κ2) is 18.8. The summed E-state index contributed by atoms with van der Waals surface area (Å²) in [6.07, 6.45) is 5.47. The minimum Gasteiger partial charge on any atom is -0.878 e. The molecule has 0 saturated heterocycles.